The number of rotatable bonds is 12. The quantitative estimate of drug-likeness (QED) is 0.459. The lowest BCUT2D eigenvalue weighted by Gasteiger charge is -2.31. The average molecular weight is 441 g/mol. The first kappa shape index (κ1) is 25.0. The van der Waals surface area contributed by atoms with Gasteiger partial charge in [-0.3, -0.25) is 9.59 Å². The highest BCUT2D eigenvalue weighted by Crippen LogP contribution is 2.20. The molecule has 0 fully saturated rings. The second-order valence-corrected chi connectivity index (χ2v) is 9.14. The molecule has 0 aliphatic rings. The van der Waals surface area contributed by atoms with E-state index in [0.717, 1.165) is 17.7 Å². The topological polar surface area (TPSA) is 49.4 Å². The first-order chi connectivity index (χ1) is 14.9. The van der Waals surface area contributed by atoms with Crippen molar-refractivity contribution >= 4 is 23.6 Å². The fraction of sp³-hybridized carbons (Fsp3) is 0.462. The zero-order valence-corrected chi connectivity index (χ0v) is 20.1. The molecule has 2 amide bonds. The van der Waals surface area contributed by atoms with Crippen LogP contribution in [0.15, 0.2) is 59.5 Å². The van der Waals surface area contributed by atoms with Gasteiger partial charge in [0.05, 0.1) is 0 Å². The molecule has 2 atom stereocenters. The molecular weight excluding hydrogens is 404 g/mol. The molecule has 0 aliphatic heterocycles. The van der Waals surface area contributed by atoms with Crippen molar-refractivity contribution < 1.29 is 9.59 Å². The van der Waals surface area contributed by atoms with Gasteiger partial charge < -0.3 is 10.2 Å². The van der Waals surface area contributed by atoms with Gasteiger partial charge in [-0.25, -0.2) is 0 Å². The van der Waals surface area contributed by atoms with E-state index in [9.17, 15) is 9.59 Å². The minimum atomic E-state index is -0.436. The lowest BCUT2D eigenvalue weighted by Crippen LogP contribution is -2.51. The van der Waals surface area contributed by atoms with Crippen molar-refractivity contribution in [2.45, 2.75) is 70.4 Å². The number of carbonyl (C=O) groups is 2. The van der Waals surface area contributed by atoms with Crippen molar-refractivity contribution in [2.24, 2.45) is 0 Å². The van der Waals surface area contributed by atoms with Gasteiger partial charge in [-0.1, -0.05) is 61.9 Å². The van der Waals surface area contributed by atoms with Crippen LogP contribution in [0.4, 0.5) is 0 Å². The third kappa shape index (κ3) is 8.41. The maximum atomic E-state index is 13.2. The highest BCUT2D eigenvalue weighted by molar-refractivity contribution is 7.99. The first-order valence-corrected chi connectivity index (χ1v) is 12.3. The van der Waals surface area contributed by atoms with E-state index in [1.807, 2.05) is 39.0 Å². The minimum absolute atomic E-state index is 0.0432. The van der Waals surface area contributed by atoms with Crippen LogP contribution in [0.1, 0.15) is 51.2 Å². The lowest BCUT2D eigenvalue weighted by atomic mass is 10.1. The van der Waals surface area contributed by atoms with Crippen LogP contribution < -0.4 is 5.32 Å². The van der Waals surface area contributed by atoms with Crippen LogP contribution in [0.5, 0.6) is 0 Å². The number of hydrogen-bond donors (Lipinski definition) is 1. The summed E-state index contributed by atoms with van der Waals surface area (Å²) < 4.78 is 0. The Morgan fingerprint density at radius 1 is 1.00 bits per heavy atom. The van der Waals surface area contributed by atoms with Crippen molar-refractivity contribution in [1.82, 2.24) is 10.2 Å². The van der Waals surface area contributed by atoms with E-state index in [4.69, 9.17) is 0 Å². The van der Waals surface area contributed by atoms with Gasteiger partial charge in [-0.15, -0.1) is 11.8 Å². The number of hydrogen-bond acceptors (Lipinski definition) is 3. The van der Waals surface area contributed by atoms with E-state index in [1.54, 1.807) is 16.7 Å². The van der Waals surface area contributed by atoms with Crippen LogP contribution in [0, 0.1) is 6.92 Å². The number of carbonyl (C=O) groups excluding carboxylic acids is 2. The number of amides is 2. The summed E-state index contributed by atoms with van der Waals surface area (Å²) in [5.41, 5.74) is 2.40. The second kappa shape index (κ2) is 13.2. The smallest absolute Gasteiger partial charge is 0.243 e. The number of nitrogens with one attached hydrogen (secondary N) is 1. The van der Waals surface area contributed by atoms with Crippen LogP contribution in [0.2, 0.25) is 0 Å². The van der Waals surface area contributed by atoms with Crippen molar-refractivity contribution in [3.8, 4) is 0 Å². The lowest BCUT2D eigenvalue weighted by molar-refractivity contribution is -0.140. The summed E-state index contributed by atoms with van der Waals surface area (Å²) in [5.74, 6) is 0.693. The van der Waals surface area contributed by atoms with Crippen molar-refractivity contribution in [3.63, 3.8) is 0 Å². The molecular formula is C26H36N2O2S. The van der Waals surface area contributed by atoms with E-state index in [1.165, 1.54) is 11.1 Å². The Balaban J connectivity index is 2.05. The number of nitrogens with zero attached hydrogens (tertiary/aromatic N) is 1. The molecule has 0 radical (unpaired) electrons. The largest absolute Gasteiger partial charge is 0.352 e. The van der Waals surface area contributed by atoms with Gasteiger partial charge in [0.1, 0.15) is 6.04 Å². The van der Waals surface area contributed by atoms with Gasteiger partial charge in [0.2, 0.25) is 11.8 Å². The fourth-order valence-corrected chi connectivity index (χ4v) is 4.21. The summed E-state index contributed by atoms with van der Waals surface area (Å²) >= 11 is 1.68. The Bertz CT molecular complexity index is 808. The highest BCUT2D eigenvalue weighted by atomic mass is 32.2. The molecule has 0 heterocycles. The molecule has 0 saturated carbocycles. The van der Waals surface area contributed by atoms with E-state index in [2.05, 4.69) is 48.6 Å². The predicted octanol–water partition coefficient (Wildman–Crippen LogP) is 5.24. The Morgan fingerprint density at radius 2 is 1.68 bits per heavy atom. The van der Waals surface area contributed by atoms with Crippen molar-refractivity contribution in [3.05, 3.63) is 65.7 Å². The molecule has 2 aromatic carbocycles. The molecule has 2 aromatic rings. The van der Waals surface area contributed by atoms with E-state index < -0.39 is 6.04 Å². The van der Waals surface area contributed by atoms with Crippen LogP contribution in [0.3, 0.4) is 0 Å². The molecule has 168 valence electrons. The van der Waals surface area contributed by atoms with Gasteiger partial charge in [0.15, 0.2) is 0 Å². The summed E-state index contributed by atoms with van der Waals surface area (Å²) in [6, 6.07) is 18.2. The van der Waals surface area contributed by atoms with Crippen molar-refractivity contribution in [2.75, 3.05) is 12.3 Å². The zero-order valence-electron chi connectivity index (χ0n) is 19.3. The van der Waals surface area contributed by atoms with Crippen LogP contribution >= 0.6 is 11.8 Å². The van der Waals surface area contributed by atoms with Crippen LogP contribution in [-0.2, 0) is 16.0 Å². The molecule has 0 spiro atoms. The Labute approximate surface area is 191 Å². The first-order valence-electron chi connectivity index (χ1n) is 11.3. The molecule has 0 saturated heterocycles. The van der Waals surface area contributed by atoms with Gasteiger partial charge in [-0.2, -0.15) is 0 Å². The molecule has 0 bridgehead atoms. The van der Waals surface area contributed by atoms with Crippen LogP contribution in [-0.4, -0.2) is 41.1 Å². The molecule has 2 rings (SSSR count). The van der Waals surface area contributed by atoms with Gasteiger partial charge in [0.25, 0.3) is 0 Å². The fourth-order valence-electron chi connectivity index (χ4n) is 3.37. The highest BCUT2D eigenvalue weighted by Gasteiger charge is 2.28. The van der Waals surface area contributed by atoms with E-state index in [0.29, 0.717) is 25.1 Å². The predicted molar refractivity (Wildman–Crippen MR) is 130 cm³/mol. The monoisotopic (exact) mass is 440 g/mol. The third-order valence-corrected chi connectivity index (χ3v) is 6.49. The summed E-state index contributed by atoms with van der Waals surface area (Å²) in [6.45, 7) is 8.64. The van der Waals surface area contributed by atoms with Crippen molar-refractivity contribution in [1.29, 1.82) is 0 Å². The number of benzene rings is 2. The number of aryl methyl sites for hydroxylation is 1. The molecule has 0 unspecified atom stereocenters. The molecule has 31 heavy (non-hydrogen) atoms. The van der Waals surface area contributed by atoms with Gasteiger partial charge in [0, 0.05) is 29.7 Å². The zero-order chi connectivity index (χ0) is 22.6. The second-order valence-electron chi connectivity index (χ2n) is 7.98. The summed E-state index contributed by atoms with van der Waals surface area (Å²) in [6.07, 6.45) is 2.63. The number of thioether (sulfide) groups is 1. The molecule has 0 aromatic heterocycles. The molecule has 5 heteroatoms. The molecule has 0 aliphatic carbocycles. The summed E-state index contributed by atoms with van der Waals surface area (Å²) in [7, 11) is 0. The van der Waals surface area contributed by atoms with Gasteiger partial charge >= 0.3 is 0 Å². The summed E-state index contributed by atoms with van der Waals surface area (Å²) in [5, 5.41) is 3.06. The Hall–Kier alpha value is -2.27. The maximum absolute atomic E-state index is 13.2. The van der Waals surface area contributed by atoms with E-state index >= 15 is 0 Å². The van der Waals surface area contributed by atoms with E-state index in [-0.39, 0.29) is 17.9 Å². The SMILES string of the molecule is CC[C@H](C)NC(=O)[C@H](CC)N(CCc1ccccc1)C(=O)CCSc1ccc(C)cc1. The Morgan fingerprint density at radius 3 is 2.29 bits per heavy atom. The minimum Gasteiger partial charge on any atom is -0.352 e. The summed E-state index contributed by atoms with van der Waals surface area (Å²) in [4.78, 5) is 29.1. The third-order valence-electron chi connectivity index (χ3n) is 5.48. The standard InChI is InChI=1S/C26H36N2O2S/c1-5-21(4)27-26(30)24(6-2)28(18-16-22-10-8-7-9-11-22)25(29)17-19-31-23-14-12-20(3)13-15-23/h7-15,21,24H,5-6,16-19H2,1-4H3,(H,27,30)/t21-,24-/m0/s1. The van der Waals surface area contributed by atoms with Gasteiger partial charge in [-0.05, 0) is 50.8 Å². The van der Waals surface area contributed by atoms with Crippen LogP contribution in [0.25, 0.3) is 0 Å². The average Bonchev–Trinajstić information content (AvgIpc) is 2.78. The normalized spacial score (nSPS) is 12.8. The maximum Gasteiger partial charge on any atom is 0.243 e. The molecule has 1 N–H and O–H groups in total. The molecule has 4 nitrogen and oxygen atoms in total. The Kier molecular flexibility index (Phi) is 10.6.